The third kappa shape index (κ3) is 4.98. The molecule has 0 aromatic heterocycles. The number of carbonyl (C=O) groups is 2. The summed E-state index contributed by atoms with van der Waals surface area (Å²) in [7, 11) is 1.60. The molecule has 2 aromatic carbocycles. The van der Waals surface area contributed by atoms with Crippen LogP contribution < -0.4 is 20.1 Å². The van der Waals surface area contributed by atoms with Crippen LogP contribution in [0.5, 0.6) is 11.5 Å². The van der Waals surface area contributed by atoms with Crippen LogP contribution in [-0.4, -0.2) is 38.7 Å². The molecule has 3 rings (SSSR count). The predicted molar refractivity (Wildman–Crippen MR) is 99.9 cm³/mol. The Balaban J connectivity index is 1.55. The maximum absolute atomic E-state index is 12.3. The van der Waals surface area contributed by atoms with Crippen molar-refractivity contribution in [3.8, 4) is 11.5 Å². The molecule has 1 heterocycles. The van der Waals surface area contributed by atoms with Crippen molar-refractivity contribution in [3.05, 3.63) is 54.1 Å². The van der Waals surface area contributed by atoms with E-state index >= 15 is 0 Å². The van der Waals surface area contributed by atoms with Crippen molar-refractivity contribution in [1.82, 2.24) is 5.32 Å². The van der Waals surface area contributed by atoms with E-state index in [1.54, 1.807) is 31.4 Å². The number of fused-ring (bicyclic) bond motifs is 1. The lowest BCUT2D eigenvalue weighted by Gasteiger charge is -2.26. The molecular weight excluding hydrogens is 348 g/mol. The van der Waals surface area contributed by atoms with Crippen molar-refractivity contribution in [2.75, 3.05) is 32.2 Å². The Morgan fingerprint density at radius 2 is 1.85 bits per heavy atom. The number of amides is 2. The first-order valence-electron chi connectivity index (χ1n) is 8.73. The van der Waals surface area contributed by atoms with Crippen LogP contribution in [0.15, 0.2) is 48.5 Å². The van der Waals surface area contributed by atoms with Crippen LogP contribution in [0, 0.1) is 0 Å². The fraction of sp³-hybridized carbons (Fsp3) is 0.300. The molecule has 0 aliphatic carbocycles. The summed E-state index contributed by atoms with van der Waals surface area (Å²) in [5.74, 6) is -0.00372. The van der Waals surface area contributed by atoms with Crippen LogP contribution in [0.2, 0.25) is 0 Å². The summed E-state index contributed by atoms with van der Waals surface area (Å²) in [5.41, 5.74) is 1.39. The molecule has 1 atom stereocenters. The number of hydrogen-bond donors (Lipinski definition) is 2. The molecule has 1 aliphatic rings. The summed E-state index contributed by atoms with van der Waals surface area (Å²) in [6, 6.07) is 14.0. The number of nitrogens with one attached hydrogen (secondary N) is 2. The first-order chi connectivity index (χ1) is 13.2. The summed E-state index contributed by atoms with van der Waals surface area (Å²) in [4.78, 5) is 24.5. The fourth-order valence-corrected chi connectivity index (χ4v) is 2.78. The van der Waals surface area contributed by atoms with Gasteiger partial charge in [-0.2, -0.15) is 0 Å². The van der Waals surface area contributed by atoms with Crippen molar-refractivity contribution < 1.29 is 23.8 Å². The number of methoxy groups -OCH3 is 1. The molecule has 1 aliphatic heterocycles. The van der Waals surface area contributed by atoms with Gasteiger partial charge < -0.3 is 24.8 Å². The van der Waals surface area contributed by atoms with Gasteiger partial charge in [0.1, 0.15) is 18.1 Å². The van der Waals surface area contributed by atoms with Crippen molar-refractivity contribution in [2.24, 2.45) is 0 Å². The standard InChI is InChI=1S/C20H22N2O5/c1-25-12-13-26-15-8-6-14(7-9-15)21-19(23)20(24)22-17-10-11-27-18-5-3-2-4-16(17)18/h2-9,17H,10-13H2,1H3,(H,21,23)(H,22,24). The van der Waals surface area contributed by atoms with E-state index in [2.05, 4.69) is 10.6 Å². The SMILES string of the molecule is COCCOc1ccc(NC(=O)C(=O)NC2CCOc3ccccc32)cc1. The predicted octanol–water partition coefficient (Wildman–Crippen LogP) is 2.29. The summed E-state index contributed by atoms with van der Waals surface area (Å²) in [6.07, 6.45) is 0.615. The summed E-state index contributed by atoms with van der Waals surface area (Å²) < 4.78 is 15.9. The zero-order valence-corrected chi connectivity index (χ0v) is 15.1. The van der Waals surface area contributed by atoms with E-state index in [0.717, 1.165) is 11.3 Å². The van der Waals surface area contributed by atoms with E-state index in [9.17, 15) is 9.59 Å². The number of carbonyl (C=O) groups excluding carboxylic acids is 2. The lowest BCUT2D eigenvalue weighted by molar-refractivity contribution is -0.136. The van der Waals surface area contributed by atoms with Gasteiger partial charge in [0.05, 0.1) is 19.3 Å². The van der Waals surface area contributed by atoms with Crippen molar-refractivity contribution in [1.29, 1.82) is 0 Å². The molecule has 2 amide bonds. The molecule has 7 nitrogen and oxygen atoms in total. The number of anilines is 1. The van der Waals surface area contributed by atoms with Gasteiger partial charge in [-0.3, -0.25) is 9.59 Å². The van der Waals surface area contributed by atoms with E-state index in [0.29, 0.717) is 37.7 Å². The van der Waals surface area contributed by atoms with E-state index < -0.39 is 11.8 Å². The summed E-state index contributed by atoms with van der Waals surface area (Å²) in [6.45, 7) is 1.43. The van der Waals surface area contributed by atoms with E-state index in [1.807, 2.05) is 24.3 Å². The lowest BCUT2D eigenvalue weighted by atomic mass is 10.0. The molecule has 0 radical (unpaired) electrons. The van der Waals surface area contributed by atoms with Gasteiger partial charge in [-0.1, -0.05) is 18.2 Å². The Labute approximate surface area is 157 Å². The normalized spacial score (nSPS) is 15.2. The lowest BCUT2D eigenvalue weighted by Crippen LogP contribution is -2.39. The Kier molecular flexibility index (Phi) is 6.27. The number of rotatable bonds is 6. The second kappa shape index (κ2) is 9.05. The highest BCUT2D eigenvalue weighted by Crippen LogP contribution is 2.31. The molecule has 2 aromatic rings. The fourth-order valence-electron chi connectivity index (χ4n) is 2.78. The number of ether oxygens (including phenoxy) is 3. The molecule has 0 saturated carbocycles. The van der Waals surface area contributed by atoms with Crippen LogP contribution in [0.25, 0.3) is 0 Å². The maximum atomic E-state index is 12.3. The quantitative estimate of drug-likeness (QED) is 0.602. The highest BCUT2D eigenvalue weighted by atomic mass is 16.5. The zero-order valence-electron chi connectivity index (χ0n) is 15.1. The number of hydrogen-bond acceptors (Lipinski definition) is 5. The first-order valence-corrected chi connectivity index (χ1v) is 8.73. The molecule has 0 saturated heterocycles. The van der Waals surface area contributed by atoms with Crippen LogP contribution in [-0.2, 0) is 14.3 Å². The average Bonchev–Trinajstić information content (AvgIpc) is 2.70. The minimum atomic E-state index is -0.716. The Bertz CT molecular complexity index is 791. The summed E-state index contributed by atoms with van der Waals surface area (Å²) >= 11 is 0. The van der Waals surface area contributed by atoms with E-state index in [4.69, 9.17) is 14.2 Å². The van der Waals surface area contributed by atoms with Crippen molar-refractivity contribution in [2.45, 2.75) is 12.5 Å². The Morgan fingerprint density at radius 3 is 2.63 bits per heavy atom. The van der Waals surface area contributed by atoms with E-state index in [-0.39, 0.29) is 6.04 Å². The van der Waals surface area contributed by atoms with Gasteiger partial charge in [0.25, 0.3) is 0 Å². The van der Waals surface area contributed by atoms with Gasteiger partial charge in [0, 0.05) is 24.8 Å². The Morgan fingerprint density at radius 1 is 1.07 bits per heavy atom. The van der Waals surface area contributed by atoms with Crippen molar-refractivity contribution in [3.63, 3.8) is 0 Å². The second-order valence-electron chi connectivity index (χ2n) is 6.02. The zero-order chi connectivity index (χ0) is 19.1. The number of para-hydroxylation sites is 1. The molecule has 0 bridgehead atoms. The van der Waals surface area contributed by atoms with Gasteiger partial charge in [0.2, 0.25) is 0 Å². The second-order valence-corrected chi connectivity index (χ2v) is 6.02. The highest BCUT2D eigenvalue weighted by Gasteiger charge is 2.25. The van der Waals surface area contributed by atoms with Gasteiger partial charge >= 0.3 is 11.8 Å². The minimum Gasteiger partial charge on any atom is -0.493 e. The molecule has 142 valence electrons. The molecule has 0 spiro atoms. The largest absolute Gasteiger partial charge is 0.493 e. The van der Waals surface area contributed by atoms with Crippen LogP contribution in [0.1, 0.15) is 18.0 Å². The third-order valence-electron chi connectivity index (χ3n) is 4.14. The molecular formula is C20H22N2O5. The summed E-state index contributed by atoms with van der Waals surface area (Å²) in [5, 5.41) is 5.36. The molecule has 2 N–H and O–H groups in total. The van der Waals surface area contributed by atoms with Crippen LogP contribution in [0.3, 0.4) is 0 Å². The first kappa shape index (κ1) is 18.7. The van der Waals surface area contributed by atoms with Gasteiger partial charge in [0.15, 0.2) is 0 Å². The molecule has 1 unspecified atom stereocenters. The van der Waals surface area contributed by atoms with Crippen molar-refractivity contribution >= 4 is 17.5 Å². The minimum absolute atomic E-state index is 0.246. The van der Waals surface area contributed by atoms with Gasteiger partial charge in [-0.25, -0.2) is 0 Å². The van der Waals surface area contributed by atoms with E-state index in [1.165, 1.54) is 0 Å². The molecule has 0 fully saturated rings. The van der Waals surface area contributed by atoms with Gasteiger partial charge in [-0.05, 0) is 30.3 Å². The molecule has 27 heavy (non-hydrogen) atoms. The van der Waals surface area contributed by atoms with Crippen LogP contribution >= 0.6 is 0 Å². The average molecular weight is 370 g/mol. The van der Waals surface area contributed by atoms with Crippen LogP contribution in [0.4, 0.5) is 5.69 Å². The maximum Gasteiger partial charge on any atom is 0.313 e. The van der Waals surface area contributed by atoms with Gasteiger partial charge in [-0.15, -0.1) is 0 Å². The highest BCUT2D eigenvalue weighted by molar-refractivity contribution is 6.39. The molecule has 7 heteroatoms. The topological polar surface area (TPSA) is 85.9 Å². The Hall–Kier alpha value is -3.06. The number of benzene rings is 2. The monoisotopic (exact) mass is 370 g/mol. The smallest absolute Gasteiger partial charge is 0.313 e. The third-order valence-corrected chi connectivity index (χ3v) is 4.14.